The largest absolute Gasteiger partial charge is 0.466 e. The number of aryl methyl sites for hydroxylation is 1. The number of hydrogen-bond acceptors (Lipinski definition) is 6. The summed E-state index contributed by atoms with van der Waals surface area (Å²) in [7, 11) is 0. The van der Waals surface area contributed by atoms with E-state index in [4.69, 9.17) is 20.9 Å². The van der Waals surface area contributed by atoms with Crippen LogP contribution in [0, 0.1) is 17.0 Å². The van der Waals surface area contributed by atoms with E-state index in [1.165, 1.54) is 12.1 Å². The number of benzene rings is 4. The van der Waals surface area contributed by atoms with Crippen molar-refractivity contribution >= 4 is 33.9 Å². The van der Waals surface area contributed by atoms with Crippen LogP contribution in [0.4, 0.5) is 11.5 Å². The number of hydrogen-bond donors (Lipinski definition) is 0. The molecule has 0 bridgehead atoms. The summed E-state index contributed by atoms with van der Waals surface area (Å²) < 4.78 is 12.1. The quantitative estimate of drug-likeness (QED) is 0.190. The number of anilines is 1. The van der Waals surface area contributed by atoms with E-state index in [1.54, 1.807) is 12.1 Å². The summed E-state index contributed by atoms with van der Waals surface area (Å²) in [6, 6.07) is 27.7. The molecule has 5 aromatic rings. The first-order chi connectivity index (χ1) is 17.5. The second-order valence-electron chi connectivity index (χ2n) is 8.64. The van der Waals surface area contributed by atoms with Crippen molar-refractivity contribution in [1.82, 2.24) is 5.16 Å². The van der Waals surface area contributed by atoms with Crippen molar-refractivity contribution in [3.8, 4) is 5.75 Å². The Kier molecular flexibility index (Phi) is 5.34. The van der Waals surface area contributed by atoms with Gasteiger partial charge in [0.25, 0.3) is 5.69 Å². The first-order valence-electron chi connectivity index (χ1n) is 11.4. The molecule has 178 valence electrons. The van der Waals surface area contributed by atoms with Crippen LogP contribution in [0.5, 0.6) is 5.75 Å². The Labute approximate surface area is 211 Å². The van der Waals surface area contributed by atoms with E-state index in [2.05, 4.69) is 17.3 Å². The maximum absolute atomic E-state index is 11.3. The average molecular weight is 498 g/mol. The number of halogens is 1. The molecule has 0 fully saturated rings. The van der Waals surface area contributed by atoms with E-state index < -0.39 is 11.2 Å². The van der Waals surface area contributed by atoms with E-state index in [0.717, 1.165) is 27.5 Å². The number of nitrogens with zero attached hydrogens (tertiary/aromatic N) is 3. The average Bonchev–Trinajstić information content (AvgIpc) is 3.33. The third-order valence-electron chi connectivity index (χ3n) is 6.44. The molecule has 8 heteroatoms. The number of fused-ring (bicyclic) bond motifs is 3. The van der Waals surface area contributed by atoms with E-state index in [9.17, 15) is 10.1 Å². The fraction of sp³-hybridized carbons (Fsp3) is 0.107. The zero-order valence-corrected chi connectivity index (χ0v) is 19.9. The van der Waals surface area contributed by atoms with Crippen molar-refractivity contribution in [3.05, 3.63) is 129 Å². The third-order valence-corrected chi connectivity index (χ3v) is 6.79. The van der Waals surface area contributed by atoms with Crippen LogP contribution < -0.4 is 9.64 Å². The second kappa shape index (κ2) is 8.70. The van der Waals surface area contributed by atoms with Gasteiger partial charge in [0, 0.05) is 34.3 Å². The summed E-state index contributed by atoms with van der Waals surface area (Å²) in [5.41, 5.74) is 2.58. The predicted molar refractivity (Wildman–Crippen MR) is 137 cm³/mol. The van der Waals surface area contributed by atoms with Gasteiger partial charge < -0.3 is 14.2 Å². The molecule has 2 heterocycles. The lowest BCUT2D eigenvalue weighted by Gasteiger charge is -2.44. The minimum absolute atomic E-state index is 0.00689. The molecule has 1 aliphatic rings. The zero-order chi connectivity index (χ0) is 24.8. The van der Waals surface area contributed by atoms with Crippen molar-refractivity contribution in [2.45, 2.75) is 19.2 Å². The molecule has 6 rings (SSSR count). The summed E-state index contributed by atoms with van der Waals surface area (Å²) in [6.45, 7) is 1.83. The second-order valence-corrected chi connectivity index (χ2v) is 9.05. The van der Waals surface area contributed by atoms with Gasteiger partial charge in [0.15, 0.2) is 5.82 Å². The molecule has 36 heavy (non-hydrogen) atoms. The van der Waals surface area contributed by atoms with Gasteiger partial charge in [0.1, 0.15) is 11.5 Å². The topological polar surface area (TPSA) is 81.6 Å². The van der Waals surface area contributed by atoms with Crippen molar-refractivity contribution in [3.63, 3.8) is 0 Å². The normalized spacial score (nSPS) is 17.0. The summed E-state index contributed by atoms with van der Waals surface area (Å²) >= 11 is 6.80. The Hall–Kier alpha value is -4.36. The maximum Gasteiger partial charge on any atom is 0.269 e. The molecular formula is C28H20ClN3O4. The molecule has 7 nitrogen and oxygen atoms in total. The number of non-ortho nitro benzene ring substituents is 1. The molecule has 1 aromatic heterocycles. The zero-order valence-electron chi connectivity index (χ0n) is 19.2. The van der Waals surface area contributed by atoms with Crippen molar-refractivity contribution in [2.24, 2.45) is 0 Å². The highest BCUT2D eigenvalue weighted by atomic mass is 35.5. The van der Waals surface area contributed by atoms with Gasteiger partial charge in [-0.05, 0) is 47.5 Å². The first kappa shape index (κ1) is 22.1. The maximum atomic E-state index is 11.3. The van der Waals surface area contributed by atoms with E-state index in [1.807, 2.05) is 66.4 Å². The van der Waals surface area contributed by atoms with Crippen LogP contribution in [0.2, 0.25) is 5.02 Å². The van der Waals surface area contributed by atoms with Gasteiger partial charge in [-0.2, -0.15) is 0 Å². The third kappa shape index (κ3) is 3.65. The molecular weight excluding hydrogens is 478 g/mol. The first-order valence-corrected chi connectivity index (χ1v) is 11.8. The van der Waals surface area contributed by atoms with Crippen LogP contribution in [-0.4, -0.2) is 10.1 Å². The molecule has 0 spiro atoms. The van der Waals surface area contributed by atoms with Crippen molar-refractivity contribution < 1.29 is 14.2 Å². The number of rotatable bonds is 4. The Morgan fingerprint density at radius 3 is 2.44 bits per heavy atom. The summed E-state index contributed by atoms with van der Waals surface area (Å²) in [5.74, 6) is 1.92. The van der Waals surface area contributed by atoms with Gasteiger partial charge in [0.05, 0.1) is 11.0 Å². The Balaban J connectivity index is 1.64. The van der Waals surface area contributed by atoms with E-state index in [-0.39, 0.29) is 11.7 Å². The van der Waals surface area contributed by atoms with Gasteiger partial charge in [-0.25, -0.2) is 0 Å². The molecule has 0 amide bonds. The van der Waals surface area contributed by atoms with Gasteiger partial charge in [-0.15, -0.1) is 0 Å². The van der Waals surface area contributed by atoms with Crippen LogP contribution in [0.15, 0.2) is 95.5 Å². The summed E-state index contributed by atoms with van der Waals surface area (Å²) in [6.07, 6.45) is -0.648. The summed E-state index contributed by atoms with van der Waals surface area (Å²) in [4.78, 5) is 12.9. The summed E-state index contributed by atoms with van der Waals surface area (Å²) in [5, 5.41) is 18.3. The Morgan fingerprint density at radius 1 is 0.972 bits per heavy atom. The number of nitro groups is 1. The van der Waals surface area contributed by atoms with E-state index in [0.29, 0.717) is 22.4 Å². The standard InChI is InChI=1S/C28H20ClN3O4/c1-17-16-25(30-36-17)31-27(22-8-4-5-9-23(22)29)26-21-7-3-2-6-18(21)12-15-24(26)35-28(31)19-10-13-20(14-11-19)32(33)34/h2-16,27-28H,1H3. The highest BCUT2D eigenvalue weighted by Crippen LogP contribution is 2.51. The van der Waals surface area contributed by atoms with Gasteiger partial charge >= 0.3 is 0 Å². The minimum atomic E-state index is -0.648. The smallest absolute Gasteiger partial charge is 0.269 e. The molecule has 2 atom stereocenters. The molecule has 4 aromatic carbocycles. The fourth-order valence-corrected chi connectivity index (χ4v) is 5.07. The van der Waals surface area contributed by atoms with Crippen molar-refractivity contribution in [2.75, 3.05) is 4.90 Å². The molecule has 0 saturated carbocycles. The predicted octanol–water partition coefficient (Wildman–Crippen LogP) is 7.39. The fourth-order valence-electron chi connectivity index (χ4n) is 4.83. The van der Waals surface area contributed by atoms with Gasteiger partial charge in [-0.1, -0.05) is 65.3 Å². The lowest BCUT2D eigenvalue weighted by molar-refractivity contribution is -0.384. The van der Waals surface area contributed by atoms with Gasteiger partial charge in [-0.3, -0.25) is 10.1 Å². The van der Waals surface area contributed by atoms with Crippen LogP contribution in [0.1, 0.15) is 34.7 Å². The van der Waals surface area contributed by atoms with Crippen LogP contribution in [0.3, 0.4) is 0 Å². The Bertz CT molecular complexity index is 1600. The highest BCUT2D eigenvalue weighted by Gasteiger charge is 2.41. The molecule has 0 saturated heterocycles. The molecule has 0 radical (unpaired) electrons. The number of aromatic nitrogens is 1. The van der Waals surface area contributed by atoms with E-state index >= 15 is 0 Å². The highest BCUT2D eigenvalue weighted by molar-refractivity contribution is 6.31. The van der Waals surface area contributed by atoms with Gasteiger partial charge in [0.2, 0.25) is 6.23 Å². The van der Waals surface area contributed by atoms with Crippen LogP contribution in [-0.2, 0) is 0 Å². The monoisotopic (exact) mass is 497 g/mol. The minimum Gasteiger partial charge on any atom is -0.466 e. The molecule has 1 aliphatic heterocycles. The lowest BCUT2D eigenvalue weighted by Crippen LogP contribution is -2.41. The van der Waals surface area contributed by atoms with Crippen LogP contribution >= 0.6 is 11.6 Å². The Morgan fingerprint density at radius 2 is 1.72 bits per heavy atom. The number of nitro benzene ring substituents is 1. The SMILES string of the molecule is Cc1cc(N2C(c3ccc([N+](=O)[O-])cc3)Oc3ccc4ccccc4c3C2c2ccccc2Cl)no1. The molecule has 0 aliphatic carbocycles. The molecule has 0 N–H and O–H groups in total. The number of ether oxygens (including phenoxy) is 1. The van der Waals surface area contributed by atoms with Crippen molar-refractivity contribution in [1.29, 1.82) is 0 Å². The van der Waals surface area contributed by atoms with Crippen LogP contribution in [0.25, 0.3) is 10.8 Å². The molecule has 2 unspecified atom stereocenters. The lowest BCUT2D eigenvalue weighted by atomic mass is 9.89.